The molecule has 1 unspecified atom stereocenters. The number of nitrogens with two attached hydrogens (primary N) is 1. The van der Waals surface area contributed by atoms with Crippen molar-refractivity contribution in [2.75, 3.05) is 6.54 Å². The maximum Gasteiger partial charge on any atom is 0.262 e. The third-order valence-corrected chi connectivity index (χ3v) is 6.36. The van der Waals surface area contributed by atoms with E-state index < -0.39 is 6.04 Å². The number of benzene rings is 1. The largest absolute Gasteiger partial charge is 0.355 e. The minimum Gasteiger partial charge on any atom is -0.355 e. The van der Waals surface area contributed by atoms with Gasteiger partial charge in [0.25, 0.3) is 5.56 Å². The van der Waals surface area contributed by atoms with E-state index in [9.17, 15) is 9.59 Å². The molecule has 7 heteroatoms. The molecule has 1 amide bonds. The number of hydrogen-bond donors (Lipinski definition) is 3. The zero-order valence-corrected chi connectivity index (χ0v) is 17.6. The van der Waals surface area contributed by atoms with E-state index in [4.69, 9.17) is 5.73 Å². The highest BCUT2D eigenvalue weighted by atomic mass is 16.2. The molecule has 1 aliphatic rings. The molecule has 4 rings (SSSR count). The van der Waals surface area contributed by atoms with Gasteiger partial charge in [0.1, 0.15) is 5.52 Å². The lowest BCUT2D eigenvalue weighted by atomic mass is 9.85. The summed E-state index contributed by atoms with van der Waals surface area (Å²) < 4.78 is 1.79. The molecule has 1 fully saturated rings. The van der Waals surface area contributed by atoms with Crippen LogP contribution >= 0.6 is 0 Å². The van der Waals surface area contributed by atoms with Gasteiger partial charge in [0, 0.05) is 24.2 Å². The molecular formula is C23H31N5O2. The summed E-state index contributed by atoms with van der Waals surface area (Å²) in [5.74, 6) is 0.494. The number of nitrogens with one attached hydrogen (secondary N) is 2. The van der Waals surface area contributed by atoms with Crippen LogP contribution in [0, 0.1) is 12.8 Å². The van der Waals surface area contributed by atoms with Crippen LogP contribution in [0.15, 0.2) is 29.1 Å². The second-order valence-corrected chi connectivity index (χ2v) is 8.54. The molecular weight excluding hydrogens is 378 g/mol. The van der Waals surface area contributed by atoms with Gasteiger partial charge in [-0.25, -0.2) is 0 Å². The van der Waals surface area contributed by atoms with Gasteiger partial charge in [-0.15, -0.1) is 0 Å². The summed E-state index contributed by atoms with van der Waals surface area (Å²) in [4.78, 5) is 25.5. The van der Waals surface area contributed by atoms with Gasteiger partial charge >= 0.3 is 0 Å². The molecule has 3 aromatic rings. The molecule has 0 spiro atoms. The third kappa shape index (κ3) is 4.12. The van der Waals surface area contributed by atoms with Gasteiger partial charge in [-0.05, 0) is 31.7 Å². The summed E-state index contributed by atoms with van der Waals surface area (Å²) in [7, 11) is 0. The second-order valence-electron chi connectivity index (χ2n) is 8.54. The Kier molecular flexibility index (Phi) is 6.18. The fourth-order valence-corrected chi connectivity index (χ4v) is 4.73. The Morgan fingerprint density at radius 2 is 2.07 bits per heavy atom. The number of amides is 1. The molecule has 0 bridgehead atoms. The Morgan fingerprint density at radius 3 is 2.87 bits per heavy atom. The van der Waals surface area contributed by atoms with Gasteiger partial charge in [-0.3, -0.25) is 14.7 Å². The summed E-state index contributed by atoms with van der Waals surface area (Å²) in [6.45, 7) is 2.89. The Bertz CT molecular complexity index is 1090. The highest BCUT2D eigenvalue weighted by Crippen LogP contribution is 2.27. The molecule has 7 nitrogen and oxygen atoms in total. The van der Waals surface area contributed by atoms with E-state index in [2.05, 4.69) is 15.5 Å². The zero-order valence-electron chi connectivity index (χ0n) is 17.6. The minimum absolute atomic E-state index is 0.0460. The van der Waals surface area contributed by atoms with Crippen LogP contribution in [0.4, 0.5) is 0 Å². The normalized spacial score (nSPS) is 16.2. The fourth-order valence-electron chi connectivity index (χ4n) is 4.73. The van der Waals surface area contributed by atoms with E-state index in [0.717, 1.165) is 23.0 Å². The van der Waals surface area contributed by atoms with Gasteiger partial charge in [-0.1, -0.05) is 50.3 Å². The number of H-pyrrole nitrogens is 1. The molecule has 1 atom stereocenters. The lowest BCUT2D eigenvalue weighted by molar-refractivity contribution is -0.122. The Labute approximate surface area is 176 Å². The van der Waals surface area contributed by atoms with Crippen LogP contribution < -0.4 is 16.6 Å². The van der Waals surface area contributed by atoms with Gasteiger partial charge < -0.3 is 15.6 Å². The lowest BCUT2D eigenvalue weighted by Gasteiger charge is -2.24. The van der Waals surface area contributed by atoms with Crippen molar-refractivity contribution in [3.63, 3.8) is 0 Å². The van der Waals surface area contributed by atoms with E-state index >= 15 is 0 Å². The Morgan fingerprint density at radius 1 is 1.30 bits per heavy atom. The molecule has 1 saturated carbocycles. The molecule has 0 radical (unpaired) electrons. The van der Waals surface area contributed by atoms with E-state index in [1.807, 2.05) is 31.2 Å². The van der Waals surface area contributed by atoms with Crippen molar-refractivity contribution in [2.45, 2.75) is 64.5 Å². The summed E-state index contributed by atoms with van der Waals surface area (Å²) in [5.41, 5.74) is 8.43. The van der Waals surface area contributed by atoms with Crippen molar-refractivity contribution >= 4 is 27.7 Å². The second kappa shape index (κ2) is 9.00. The monoisotopic (exact) mass is 409 g/mol. The molecule has 4 N–H and O–H groups in total. The van der Waals surface area contributed by atoms with E-state index in [1.54, 1.807) is 4.57 Å². The number of fused-ring (bicyclic) bond motifs is 3. The fraction of sp³-hybridized carbons (Fsp3) is 0.522. The zero-order chi connectivity index (χ0) is 21.1. The van der Waals surface area contributed by atoms with Crippen LogP contribution in [0.3, 0.4) is 0 Å². The first-order chi connectivity index (χ1) is 14.6. The third-order valence-electron chi connectivity index (χ3n) is 6.36. The highest BCUT2D eigenvalue weighted by Gasteiger charge is 2.21. The maximum absolute atomic E-state index is 13.1. The number of hydrogen-bond acceptors (Lipinski definition) is 4. The van der Waals surface area contributed by atoms with Crippen LogP contribution in [-0.2, 0) is 11.3 Å². The number of para-hydroxylation sites is 1. The van der Waals surface area contributed by atoms with Crippen molar-refractivity contribution in [3.8, 4) is 0 Å². The van der Waals surface area contributed by atoms with Crippen molar-refractivity contribution in [1.82, 2.24) is 20.1 Å². The molecule has 160 valence electrons. The number of carbonyl (C=O) groups excluding carboxylic acids is 1. The number of aromatic nitrogens is 3. The summed E-state index contributed by atoms with van der Waals surface area (Å²) in [6.07, 6.45) is 7.61. The number of aryl methyl sites for hydroxylation is 2. The van der Waals surface area contributed by atoms with E-state index in [1.165, 1.54) is 32.1 Å². The summed E-state index contributed by atoms with van der Waals surface area (Å²) in [6, 6.07) is 7.37. The first-order valence-electron chi connectivity index (χ1n) is 11.1. The Hall–Kier alpha value is -2.67. The first kappa shape index (κ1) is 20.6. The van der Waals surface area contributed by atoms with Crippen LogP contribution in [0.5, 0.6) is 0 Å². The predicted molar refractivity (Wildman–Crippen MR) is 119 cm³/mol. The summed E-state index contributed by atoms with van der Waals surface area (Å²) >= 11 is 0. The van der Waals surface area contributed by atoms with Gasteiger partial charge in [0.2, 0.25) is 5.91 Å². The quantitative estimate of drug-likeness (QED) is 0.522. The van der Waals surface area contributed by atoms with Crippen LogP contribution in [-0.4, -0.2) is 33.3 Å². The van der Waals surface area contributed by atoms with Crippen molar-refractivity contribution in [3.05, 3.63) is 40.3 Å². The standard InChI is InChI=1S/C23H31N5O2/c1-15-20-21(27-26-15)17-10-5-6-11-19(17)28(23(20)30)13-7-12-25-22(29)18(24)14-16-8-3-2-4-9-16/h5-6,10-11,16,18H,2-4,7-9,12-14,24H2,1H3,(H,25,29)(H,26,27). The molecule has 1 aliphatic carbocycles. The minimum atomic E-state index is -0.443. The van der Waals surface area contributed by atoms with Gasteiger partial charge in [0.15, 0.2) is 0 Å². The lowest BCUT2D eigenvalue weighted by Crippen LogP contribution is -2.42. The molecule has 0 aliphatic heterocycles. The van der Waals surface area contributed by atoms with Crippen LogP contribution in [0.2, 0.25) is 0 Å². The highest BCUT2D eigenvalue weighted by molar-refractivity contribution is 6.03. The average molecular weight is 410 g/mol. The number of nitrogens with zero attached hydrogens (tertiary/aromatic N) is 2. The molecule has 2 aromatic heterocycles. The van der Waals surface area contributed by atoms with Crippen molar-refractivity contribution < 1.29 is 4.79 Å². The molecule has 2 heterocycles. The SMILES string of the molecule is Cc1[nH]nc2c1c(=O)n(CCCNC(=O)C(N)CC1CCCCC1)c1ccccc21. The van der Waals surface area contributed by atoms with Crippen molar-refractivity contribution in [2.24, 2.45) is 11.7 Å². The number of aromatic amines is 1. The first-order valence-corrected chi connectivity index (χ1v) is 11.1. The van der Waals surface area contributed by atoms with E-state index in [0.29, 0.717) is 36.3 Å². The molecule has 0 saturated heterocycles. The topological polar surface area (TPSA) is 106 Å². The summed E-state index contributed by atoms with van der Waals surface area (Å²) in [5, 5.41) is 11.8. The number of rotatable bonds is 7. The smallest absolute Gasteiger partial charge is 0.262 e. The predicted octanol–water partition coefficient (Wildman–Crippen LogP) is 2.99. The van der Waals surface area contributed by atoms with Gasteiger partial charge in [0.05, 0.1) is 16.9 Å². The molecule has 30 heavy (non-hydrogen) atoms. The number of pyridine rings is 1. The Balaban J connectivity index is 1.40. The maximum atomic E-state index is 13.1. The molecule has 1 aromatic carbocycles. The van der Waals surface area contributed by atoms with Crippen LogP contribution in [0.1, 0.15) is 50.6 Å². The van der Waals surface area contributed by atoms with Gasteiger partial charge in [-0.2, -0.15) is 5.10 Å². The van der Waals surface area contributed by atoms with Crippen molar-refractivity contribution in [1.29, 1.82) is 0 Å². The van der Waals surface area contributed by atoms with E-state index in [-0.39, 0.29) is 11.5 Å². The number of carbonyl (C=O) groups is 1. The average Bonchev–Trinajstić information content (AvgIpc) is 3.15. The van der Waals surface area contributed by atoms with Crippen LogP contribution in [0.25, 0.3) is 21.8 Å².